The van der Waals surface area contributed by atoms with E-state index in [0.717, 1.165) is 16.6 Å². The largest absolute Gasteiger partial charge is 0.303 e. The smallest absolute Gasteiger partial charge is 0.134 e. The molecule has 0 saturated carbocycles. The third-order valence-electron chi connectivity index (χ3n) is 2.07. The zero-order chi connectivity index (χ0) is 10.7. The highest BCUT2D eigenvalue weighted by Gasteiger charge is 2.09. The molecule has 2 aromatic rings. The van der Waals surface area contributed by atoms with Gasteiger partial charge in [-0.3, -0.25) is 0 Å². The second-order valence-electron chi connectivity index (χ2n) is 3.34. The number of aromatic nitrogens is 2. The van der Waals surface area contributed by atoms with Gasteiger partial charge in [-0.1, -0.05) is 6.07 Å². The highest BCUT2D eigenvalue weighted by Crippen LogP contribution is 2.18. The van der Waals surface area contributed by atoms with Crippen molar-refractivity contribution in [2.24, 2.45) is 0 Å². The second-order valence-corrected chi connectivity index (χ2v) is 5.59. The van der Waals surface area contributed by atoms with Gasteiger partial charge in [0.2, 0.25) is 0 Å². The summed E-state index contributed by atoms with van der Waals surface area (Å²) in [5, 5.41) is 15.7. The quantitative estimate of drug-likeness (QED) is 0.891. The fraction of sp³-hybridized carbons (Fsp3) is 0.400. The van der Waals surface area contributed by atoms with Crippen molar-refractivity contribution in [1.29, 1.82) is 0 Å². The van der Waals surface area contributed by atoms with Crippen LogP contribution >= 0.6 is 22.7 Å². The standard InChI is InChI=1S/C10H13N3S2/c1-7(10-13-12-8(2)15-10)11-6-9-4-3-5-14-9/h3-5,7,11H,6H2,1-2H3. The lowest BCUT2D eigenvalue weighted by Gasteiger charge is -2.08. The molecule has 0 aliphatic carbocycles. The molecule has 2 aromatic heterocycles. The van der Waals surface area contributed by atoms with Crippen LogP contribution in [0.15, 0.2) is 17.5 Å². The molecule has 2 heterocycles. The van der Waals surface area contributed by atoms with Crippen molar-refractivity contribution in [3.8, 4) is 0 Å². The minimum Gasteiger partial charge on any atom is -0.303 e. The van der Waals surface area contributed by atoms with Gasteiger partial charge in [0, 0.05) is 11.4 Å². The summed E-state index contributed by atoms with van der Waals surface area (Å²) in [4.78, 5) is 1.35. The molecular formula is C10H13N3S2. The number of rotatable bonds is 4. The molecule has 0 spiro atoms. The predicted octanol–water partition coefficient (Wildman–Crippen LogP) is 2.76. The molecule has 15 heavy (non-hydrogen) atoms. The van der Waals surface area contributed by atoms with Gasteiger partial charge < -0.3 is 5.32 Å². The van der Waals surface area contributed by atoms with Crippen molar-refractivity contribution in [1.82, 2.24) is 15.5 Å². The Hall–Kier alpha value is -0.780. The van der Waals surface area contributed by atoms with Crippen LogP contribution in [-0.4, -0.2) is 10.2 Å². The fourth-order valence-corrected chi connectivity index (χ4v) is 2.62. The maximum atomic E-state index is 4.13. The zero-order valence-corrected chi connectivity index (χ0v) is 10.4. The van der Waals surface area contributed by atoms with Crippen molar-refractivity contribution in [2.45, 2.75) is 26.4 Å². The lowest BCUT2D eigenvalue weighted by molar-refractivity contribution is 0.571. The van der Waals surface area contributed by atoms with Crippen LogP contribution in [0.2, 0.25) is 0 Å². The molecule has 80 valence electrons. The molecule has 1 atom stereocenters. The van der Waals surface area contributed by atoms with Crippen LogP contribution in [0.25, 0.3) is 0 Å². The average molecular weight is 239 g/mol. The summed E-state index contributed by atoms with van der Waals surface area (Å²) in [7, 11) is 0. The number of hydrogen-bond acceptors (Lipinski definition) is 5. The molecule has 0 fully saturated rings. The molecule has 0 aromatic carbocycles. The SMILES string of the molecule is Cc1nnc(C(C)NCc2cccs2)s1. The van der Waals surface area contributed by atoms with Crippen molar-refractivity contribution in [2.75, 3.05) is 0 Å². The number of hydrogen-bond donors (Lipinski definition) is 1. The summed E-state index contributed by atoms with van der Waals surface area (Å²) in [6.07, 6.45) is 0. The molecule has 0 radical (unpaired) electrons. The first-order chi connectivity index (χ1) is 7.25. The molecule has 2 rings (SSSR count). The molecule has 3 nitrogen and oxygen atoms in total. The predicted molar refractivity (Wildman–Crippen MR) is 64.2 cm³/mol. The highest BCUT2D eigenvalue weighted by atomic mass is 32.1. The Morgan fingerprint density at radius 2 is 2.33 bits per heavy atom. The molecule has 1 N–H and O–H groups in total. The van der Waals surface area contributed by atoms with Crippen molar-refractivity contribution < 1.29 is 0 Å². The minimum atomic E-state index is 0.276. The van der Waals surface area contributed by atoms with Crippen molar-refractivity contribution >= 4 is 22.7 Å². The first-order valence-electron chi connectivity index (χ1n) is 4.81. The Morgan fingerprint density at radius 3 is 2.93 bits per heavy atom. The number of nitrogens with one attached hydrogen (secondary N) is 1. The van der Waals surface area contributed by atoms with Gasteiger partial charge >= 0.3 is 0 Å². The van der Waals surface area contributed by atoms with Gasteiger partial charge in [0.15, 0.2) is 0 Å². The molecule has 0 bridgehead atoms. The van der Waals surface area contributed by atoms with Crippen LogP contribution in [0, 0.1) is 6.92 Å². The Morgan fingerprint density at radius 1 is 1.47 bits per heavy atom. The molecule has 0 amide bonds. The van der Waals surface area contributed by atoms with E-state index >= 15 is 0 Å². The van der Waals surface area contributed by atoms with Gasteiger partial charge in [-0.25, -0.2) is 0 Å². The number of nitrogens with zero attached hydrogens (tertiary/aromatic N) is 2. The first-order valence-corrected chi connectivity index (χ1v) is 6.51. The molecule has 5 heteroatoms. The Labute approximate surface area is 97.2 Å². The fourth-order valence-electron chi connectivity index (χ4n) is 1.24. The van der Waals surface area contributed by atoms with E-state index in [2.05, 4.69) is 40.0 Å². The van der Waals surface area contributed by atoms with Crippen LogP contribution in [0.3, 0.4) is 0 Å². The molecule has 0 saturated heterocycles. The Balaban J connectivity index is 1.90. The third-order valence-corrected chi connectivity index (χ3v) is 3.97. The third kappa shape index (κ3) is 2.84. The maximum absolute atomic E-state index is 4.13. The maximum Gasteiger partial charge on any atom is 0.134 e. The molecule has 0 aliphatic rings. The highest BCUT2D eigenvalue weighted by molar-refractivity contribution is 7.11. The minimum absolute atomic E-state index is 0.276. The van der Waals surface area contributed by atoms with Crippen molar-refractivity contribution in [3.05, 3.63) is 32.4 Å². The lowest BCUT2D eigenvalue weighted by atomic mass is 10.3. The van der Waals surface area contributed by atoms with Crippen molar-refractivity contribution in [3.63, 3.8) is 0 Å². The topological polar surface area (TPSA) is 37.8 Å². The normalized spacial score (nSPS) is 12.9. The van der Waals surface area contributed by atoms with E-state index in [1.54, 1.807) is 22.7 Å². The van der Waals surface area contributed by atoms with Crippen LogP contribution < -0.4 is 5.32 Å². The molecule has 0 aliphatic heterocycles. The number of aryl methyl sites for hydroxylation is 1. The Kier molecular flexibility index (Phi) is 3.45. The molecular weight excluding hydrogens is 226 g/mol. The monoisotopic (exact) mass is 239 g/mol. The summed E-state index contributed by atoms with van der Waals surface area (Å²) < 4.78 is 0. The lowest BCUT2D eigenvalue weighted by Crippen LogP contribution is -2.17. The van der Waals surface area contributed by atoms with E-state index in [4.69, 9.17) is 0 Å². The summed E-state index contributed by atoms with van der Waals surface area (Å²) in [6, 6.07) is 4.48. The Bertz CT molecular complexity index is 408. The van der Waals surface area contributed by atoms with Crippen LogP contribution in [0.4, 0.5) is 0 Å². The van der Waals surface area contributed by atoms with Gasteiger partial charge in [-0.15, -0.1) is 32.9 Å². The van der Waals surface area contributed by atoms with Gasteiger partial charge in [-0.05, 0) is 25.3 Å². The van der Waals surface area contributed by atoms with E-state index in [1.807, 2.05) is 6.92 Å². The van der Waals surface area contributed by atoms with Gasteiger partial charge in [-0.2, -0.15) is 0 Å². The van der Waals surface area contributed by atoms with E-state index in [0.29, 0.717) is 0 Å². The summed E-state index contributed by atoms with van der Waals surface area (Å²) in [6.45, 7) is 5.00. The van der Waals surface area contributed by atoms with Crippen LogP contribution in [0.1, 0.15) is 27.9 Å². The average Bonchev–Trinajstić information content (AvgIpc) is 2.84. The van der Waals surface area contributed by atoms with E-state index in [9.17, 15) is 0 Å². The summed E-state index contributed by atoms with van der Waals surface area (Å²) >= 11 is 3.42. The van der Waals surface area contributed by atoms with E-state index < -0.39 is 0 Å². The summed E-state index contributed by atoms with van der Waals surface area (Å²) in [5.41, 5.74) is 0. The van der Waals surface area contributed by atoms with E-state index in [-0.39, 0.29) is 6.04 Å². The molecule has 1 unspecified atom stereocenters. The van der Waals surface area contributed by atoms with E-state index in [1.165, 1.54) is 4.88 Å². The summed E-state index contributed by atoms with van der Waals surface area (Å²) in [5.74, 6) is 0. The van der Waals surface area contributed by atoms with Crippen LogP contribution in [0.5, 0.6) is 0 Å². The van der Waals surface area contributed by atoms with Gasteiger partial charge in [0.1, 0.15) is 10.0 Å². The number of thiophene rings is 1. The van der Waals surface area contributed by atoms with Gasteiger partial charge in [0.05, 0.1) is 6.04 Å². The van der Waals surface area contributed by atoms with Gasteiger partial charge in [0.25, 0.3) is 0 Å². The second kappa shape index (κ2) is 4.83. The van der Waals surface area contributed by atoms with Crippen LogP contribution in [-0.2, 0) is 6.54 Å². The first kappa shape index (κ1) is 10.7. The zero-order valence-electron chi connectivity index (χ0n) is 8.73.